The van der Waals surface area contributed by atoms with Crippen molar-refractivity contribution in [3.05, 3.63) is 45.5 Å². The summed E-state index contributed by atoms with van der Waals surface area (Å²) >= 11 is 17.0. The van der Waals surface area contributed by atoms with Crippen LogP contribution in [0.5, 0.6) is 6.01 Å². The van der Waals surface area contributed by atoms with Crippen LogP contribution in [0.2, 0.25) is 5.02 Å². The SMILES string of the molecule is Cc1cc(Cl)ccc1NC(=O)Nc1cn(CC=C(Cl)Cl)c(OC=O)n1. The van der Waals surface area contributed by atoms with Crippen LogP contribution in [-0.4, -0.2) is 22.1 Å². The molecule has 25 heavy (non-hydrogen) atoms. The van der Waals surface area contributed by atoms with Crippen molar-refractivity contribution in [2.45, 2.75) is 13.5 Å². The molecule has 2 rings (SSSR count). The van der Waals surface area contributed by atoms with E-state index >= 15 is 0 Å². The molecule has 7 nitrogen and oxygen atoms in total. The van der Waals surface area contributed by atoms with Gasteiger partial charge in [0.2, 0.25) is 0 Å². The molecule has 2 amide bonds. The molecule has 0 aliphatic carbocycles. The highest BCUT2D eigenvalue weighted by atomic mass is 35.5. The molecule has 0 saturated carbocycles. The first-order chi connectivity index (χ1) is 11.9. The second kappa shape index (κ2) is 8.75. The van der Waals surface area contributed by atoms with E-state index in [1.54, 1.807) is 18.2 Å². The van der Waals surface area contributed by atoms with Crippen molar-refractivity contribution in [2.75, 3.05) is 10.6 Å². The summed E-state index contributed by atoms with van der Waals surface area (Å²) in [6.45, 7) is 2.25. The number of nitrogens with one attached hydrogen (secondary N) is 2. The maximum atomic E-state index is 12.1. The van der Waals surface area contributed by atoms with E-state index in [1.165, 1.54) is 16.8 Å². The lowest BCUT2D eigenvalue weighted by Crippen LogP contribution is -2.20. The Kier molecular flexibility index (Phi) is 6.69. The molecule has 0 atom stereocenters. The topological polar surface area (TPSA) is 85.3 Å². The van der Waals surface area contributed by atoms with Gasteiger partial charge in [-0.25, -0.2) is 4.79 Å². The van der Waals surface area contributed by atoms with Gasteiger partial charge in [0.25, 0.3) is 0 Å². The third-order valence-corrected chi connectivity index (χ3v) is 3.56. The van der Waals surface area contributed by atoms with Crippen LogP contribution in [0.3, 0.4) is 0 Å². The van der Waals surface area contributed by atoms with Crippen molar-refractivity contribution in [2.24, 2.45) is 0 Å². The average Bonchev–Trinajstić information content (AvgIpc) is 2.90. The Morgan fingerprint density at radius 1 is 1.36 bits per heavy atom. The van der Waals surface area contributed by atoms with Gasteiger partial charge in [-0.1, -0.05) is 34.8 Å². The lowest BCUT2D eigenvalue weighted by Gasteiger charge is -2.08. The number of aryl methyl sites for hydroxylation is 1. The first kappa shape index (κ1) is 19.1. The van der Waals surface area contributed by atoms with Gasteiger partial charge in [0, 0.05) is 17.3 Å². The van der Waals surface area contributed by atoms with E-state index in [2.05, 4.69) is 15.6 Å². The lowest BCUT2D eigenvalue weighted by molar-refractivity contribution is -0.121. The van der Waals surface area contributed by atoms with Crippen LogP contribution in [-0.2, 0) is 11.3 Å². The first-order valence-corrected chi connectivity index (χ1v) is 8.05. The molecule has 2 aromatic rings. The lowest BCUT2D eigenvalue weighted by atomic mass is 10.2. The van der Waals surface area contributed by atoms with Gasteiger partial charge in [0.15, 0.2) is 5.82 Å². The molecule has 1 aromatic heterocycles. The highest BCUT2D eigenvalue weighted by molar-refractivity contribution is 6.55. The van der Waals surface area contributed by atoms with E-state index < -0.39 is 6.03 Å². The van der Waals surface area contributed by atoms with E-state index in [1.807, 2.05) is 6.92 Å². The number of hydrogen-bond acceptors (Lipinski definition) is 4. The van der Waals surface area contributed by atoms with Crippen LogP contribution in [0, 0.1) is 6.92 Å². The van der Waals surface area contributed by atoms with Crippen molar-refractivity contribution in [1.29, 1.82) is 0 Å². The molecule has 0 aliphatic rings. The summed E-state index contributed by atoms with van der Waals surface area (Å²) in [4.78, 5) is 26.6. The number of urea groups is 1. The van der Waals surface area contributed by atoms with Gasteiger partial charge in [-0.15, -0.1) is 0 Å². The summed E-state index contributed by atoms with van der Waals surface area (Å²) in [5, 5.41) is 5.79. The zero-order chi connectivity index (χ0) is 18.4. The van der Waals surface area contributed by atoms with Crippen LogP contribution in [0.15, 0.2) is 35.0 Å². The molecule has 132 valence electrons. The number of allylic oxidation sites excluding steroid dienone is 1. The number of hydrogen-bond donors (Lipinski definition) is 2. The fraction of sp³-hybridized carbons (Fsp3) is 0.133. The summed E-state index contributed by atoms with van der Waals surface area (Å²) < 4.78 is 6.25. The average molecular weight is 404 g/mol. The number of carbonyl (C=O) groups excluding carboxylic acids is 2. The van der Waals surface area contributed by atoms with Gasteiger partial charge in [0.05, 0.1) is 6.20 Å². The van der Waals surface area contributed by atoms with Crippen molar-refractivity contribution in [3.8, 4) is 6.01 Å². The Bertz CT molecular complexity index is 816. The van der Waals surface area contributed by atoms with Gasteiger partial charge in [0.1, 0.15) is 4.49 Å². The number of ether oxygens (including phenoxy) is 1. The molecule has 0 saturated heterocycles. The molecule has 0 fully saturated rings. The number of amides is 2. The van der Waals surface area contributed by atoms with Crippen molar-refractivity contribution < 1.29 is 14.3 Å². The van der Waals surface area contributed by atoms with Crippen molar-refractivity contribution in [3.63, 3.8) is 0 Å². The molecule has 0 radical (unpaired) electrons. The number of imidazole rings is 1. The number of anilines is 2. The molecule has 0 bridgehead atoms. The summed E-state index contributed by atoms with van der Waals surface area (Å²) in [7, 11) is 0. The molecule has 0 spiro atoms. The third-order valence-electron chi connectivity index (χ3n) is 3.01. The Morgan fingerprint density at radius 3 is 2.76 bits per heavy atom. The van der Waals surface area contributed by atoms with Gasteiger partial charge in [-0.3, -0.25) is 14.7 Å². The summed E-state index contributed by atoms with van der Waals surface area (Å²) in [5.41, 5.74) is 1.41. The Hall–Kier alpha value is -2.22. The second-order valence-electron chi connectivity index (χ2n) is 4.81. The summed E-state index contributed by atoms with van der Waals surface area (Å²) in [6, 6.07) is 4.54. The standard InChI is InChI=1S/C15H13Cl3N4O3/c1-9-6-10(16)2-3-11(9)19-14(24)20-13-7-22(5-4-12(17)18)15(21-13)25-8-23/h2-4,6-8H,5H2,1H3,(H2,19,20,24). The van der Waals surface area contributed by atoms with Crippen LogP contribution < -0.4 is 15.4 Å². The molecular formula is C15H13Cl3N4O3. The molecule has 0 aliphatic heterocycles. The zero-order valence-corrected chi connectivity index (χ0v) is 15.2. The van der Waals surface area contributed by atoms with Crippen molar-refractivity contribution in [1.82, 2.24) is 9.55 Å². The number of benzene rings is 1. The Balaban J connectivity index is 2.10. The van der Waals surface area contributed by atoms with Gasteiger partial charge >= 0.3 is 18.5 Å². The quantitative estimate of drug-likeness (QED) is 0.702. The normalized spacial score (nSPS) is 10.1. The maximum absolute atomic E-state index is 12.1. The van der Waals surface area contributed by atoms with Gasteiger partial charge in [-0.2, -0.15) is 4.98 Å². The van der Waals surface area contributed by atoms with E-state index in [4.69, 9.17) is 39.5 Å². The number of nitrogens with zero attached hydrogens (tertiary/aromatic N) is 2. The predicted molar refractivity (Wildman–Crippen MR) is 97.5 cm³/mol. The fourth-order valence-corrected chi connectivity index (χ4v) is 2.30. The molecule has 10 heteroatoms. The predicted octanol–water partition coefficient (Wildman–Crippen LogP) is 4.34. The summed E-state index contributed by atoms with van der Waals surface area (Å²) in [6.07, 6.45) is 2.95. The molecule has 1 aromatic carbocycles. The van der Waals surface area contributed by atoms with E-state index in [0.717, 1.165) is 5.56 Å². The van der Waals surface area contributed by atoms with Crippen LogP contribution >= 0.6 is 34.8 Å². The van der Waals surface area contributed by atoms with Crippen LogP contribution in [0.1, 0.15) is 5.56 Å². The third kappa shape index (κ3) is 5.67. The second-order valence-corrected chi connectivity index (χ2v) is 6.25. The number of carbonyl (C=O) groups is 2. The highest BCUT2D eigenvalue weighted by Gasteiger charge is 2.12. The zero-order valence-electron chi connectivity index (χ0n) is 12.9. The molecule has 2 N–H and O–H groups in total. The highest BCUT2D eigenvalue weighted by Crippen LogP contribution is 2.21. The largest absolute Gasteiger partial charge is 0.394 e. The van der Waals surface area contributed by atoms with Gasteiger partial charge < -0.3 is 10.1 Å². The van der Waals surface area contributed by atoms with Crippen LogP contribution in [0.4, 0.5) is 16.3 Å². The van der Waals surface area contributed by atoms with Crippen molar-refractivity contribution >= 4 is 58.8 Å². The minimum atomic E-state index is -0.515. The van der Waals surface area contributed by atoms with Crippen LogP contribution in [0.25, 0.3) is 0 Å². The van der Waals surface area contributed by atoms with E-state index in [-0.39, 0.29) is 29.3 Å². The molecule has 1 heterocycles. The number of halogens is 3. The fourth-order valence-electron chi connectivity index (χ4n) is 1.93. The Morgan fingerprint density at radius 2 is 2.12 bits per heavy atom. The number of aromatic nitrogens is 2. The maximum Gasteiger partial charge on any atom is 0.324 e. The summed E-state index contributed by atoms with van der Waals surface area (Å²) in [5.74, 6) is 0.181. The molecular weight excluding hydrogens is 391 g/mol. The molecule has 0 unspecified atom stereocenters. The monoisotopic (exact) mass is 402 g/mol. The van der Waals surface area contributed by atoms with Gasteiger partial charge in [-0.05, 0) is 36.8 Å². The van der Waals surface area contributed by atoms with E-state index in [9.17, 15) is 9.59 Å². The number of rotatable bonds is 6. The minimum absolute atomic E-state index is 0.0150. The minimum Gasteiger partial charge on any atom is -0.394 e. The smallest absolute Gasteiger partial charge is 0.324 e. The Labute approximate surface area is 158 Å². The first-order valence-electron chi connectivity index (χ1n) is 6.92. The van der Waals surface area contributed by atoms with E-state index in [0.29, 0.717) is 10.7 Å².